The van der Waals surface area contributed by atoms with Crippen LogP contribution in [0.3, 0.4) is 0 Å². The van der Waals surface area contributed by atoms with Crippen molar-refractivity contribution < 1.29 is 39.6 Å². The topological polar surface area (TPSA) is 185 Å². The van der Waals surface area contributed by atoms with E-state index in [2.05, 4.69) is 10.6 Å². The Morgan fingerprint density at radius 1 is 0.579 bits per heavy atom. The summed E-state index contributed by atoms with van der Waals surface area (Å²) in [7, 11) is 0. The molecular weight excluding hydrogens is 371 g/mol. The van der Waals surface area contributed by atoms with Gasteiger partial charge in [0.2, 0.25) is 0 Å². The van der Waals surface area contributed by atoms with E-state index in [0.717, 1.165) is 0 Å². The zero-order valence-corrected chi connectivity index (χ0v) is 12.4. The molecule has 11 heteroatoms. The third-order valence-corrected chi connectivity index (χ3v) is 1.08. The molecule has 0 atom stereocenters. The first-order valence-corrected chi connectivity index (χ1v) is 4.46. The van der Waals surface area contributed by atoms with Gasteiger partial charge in [-0.3, -0.25) is 0 Å². The van der Waals surface area contributed by atoms with Gasteiger partial charge in [0.25, 0.3) is 0 Å². The first kappa shape index (κ1) is 22.8. The van der Waals surface area contributed by atoms with Gasteiger partial charge in [-0.1, -0.05) is 0 Å². The average molecular weight is 381 g/mol. The standard InChI is InChI=1S/2C4H7NO4.Sn/c2*6-3(7)1-5-2-4(8)9;/h2*5H,1-2H2,(H,6,7)(H,8,9);/q;;+4/p-4. The summed E-state index contributed by atoms with van der Waals surface area (Å²) in [6.07, 6.45) is 0. The van der Waals surface area contributed by atoms with Crippen LogP contribution < -0.4 is 31.1 Å². The van der Waals surface area contributed by atoms with E-state index in [-0.39, 0.29) is 23.9 Å². The SMILES string of the molecule is O=C([O-])CNCC(=O)[O-].O=C([O-])CNCC(=O)[O-].[Sn+4]. The summed E-state index contributed by atoms with van der Waals surface area (Å²) in [6.45, 7) is -1.86. The van der Waals surface area contributed by atoms with Gasteiger partial charge < -0.3 is 50.2 Å². The van der Waals surface area contributed by atoms with Crippen molar-refractivity contribution in [1.29, 1.82) is 0 Å². The number of carboxylic acid groups (broad SMARTS) is 4. The molecule has 0 aliphatic rings. The monoisotopic (exact) mass is 382 g/mol. The number of hydrogen-bond donors (Lipinski definition) is 2. The van der Waals surface area contributed by atoms with Crippen LogP contribution in [0.15, 0.2) is 0 Å². The molecule has 0 aromatic rings. The van der Waals surface area contributed by atoms with Crippen LogP contribution in [0.1, 0.15) is 0 Å². The molecular formula is C8H10N2O8Sn. The summed E-state index contributed by atoms with van der Waals surface area (Å²) in [5.41, 5.74) is 0. The Morgan fingerprint density at radius 3 is 0.842 bits per heavy atom. The van der Waals surface area contributed by atoms with Crippen LogP contribution in [0, 0.1) is 0 Å². The molecule has 2 N–H and O–H groups in total. The quantitative estimate of drug-likeness (QED) is 0.383. The number of aliphatic carboxylic acids is 4. The summed E-state index contributed by atoms with van der Waals surface area (Å²) >= 11 is 0. The molecule has 0 saturated heterocycles. The molecule has 0 aromatic heterocycles. The third kappa shape index (κ3) is 31.5. The molecule has 0 saturated carbocycles. The maximum atomic E-state index is 9.59. The number of carbonyl (C=O) groups excluding carboxylic acids is 4. The van der Waals surface area contributed by atoms with Gasteiger partial charge in [-0.15, -0.1) is 0 Å². The van der Waals surface area contributed by atoms with Crippen molar-refractivity contribution in [3.8, 4) is 0 Å². The van der Waals surface area contributed by atoms with Crippen molar-refractivity contribution >= 4 is 47.8 Å². The minimum atomic E-state index is -1.34. The fourth-order valence-corrected chi connectivity index (χ4v) is 0.533. The first-order chi connectivity index (χ1) is 8.25. The van der Waals surface area contributed by atoms with Gasteiger partial charge in [0, 0.05) is 26.2 Å². The van der Waals surface area contributed by atoms with Gasteiger partial charge in [-0.25, -0.2) is 0 Å². The van der Waals surface area contributed by atoms with Gasteiger partial charge in [0.15, 0.2) is 0 Å². The first-order valence-electron chi connectivity index (χ1n) is 4.46. The minimum Gasteiger partial charge on any atom is -0.549 e. The Hall–Kier alpha value is -1.40. The van der Waals surface area contributed by atoms with Crippen LogP contribution in [0.5, 0.6) is 0 Å². The summed E-state index contributed by atoms with van der Waals surface area (Å²) in [5.74, 6) is -5.35. The second-order valence-corrected chi connectivity index (χ2v) is 2.70. The van der Waals surface area contributed by atoms with Crippen LogP contribution in [-0.4, -0.2) is 74.0 Å². The molecule has 104 valence electrons. The van der Waals surface area contributed by atoms with Crippen LogP contribution in [0.25, 0.3) is 0 Å². The molecule has 0 aliphatic heterocycles. The van der Waals surface area contributed by atoms with Crippen molar-refractivity contribution in [1.82, 2.24) is 10.6 Å². The maximum absolute atomic E-state index is 9.59. The van der Waals surface area contributed by atoms with E-state index in [1.165, 1.54) is 0 Å². The van der Waals surface area contributed by atoms with Gasteiger partial charge >= 0.3 is 23.9 Å². The van der Waals surface area contributed by atoms with Gasteiger partial charge in [-0.2, -0.15) is 0 Å². The maximum Gasteiger partial charge on any atom is 4.00 e. The molecule has 0 rings (SSSR count). The predicted octanol–water partition coefficient (Wildman–Crippen LogP) is -8.23. The Kier molecular flexibility index (Phi) is 17.6. The Labute approximate surface area is 124 Å². The molecule has 0 heterocycles. The summed E-state index contributed by atoms with van der Waals surface area (Å²) in [6, 6.07) is 0. The van der Waals surface area contributed by atoms with Gasteiger partial charge in [-0.05, 0) is 0 Å². The molecule has 0 spiro atoms. The minimum absolute atomic E-state index is 0. The summed E-state index contributed by atoms with van der Waals surface area (Å²) in [4.78, 5) is 38.4. The summed E-state index contributed by atoms with van der Waals surface area (Å²) < 4.78 is 0. The molecule has 0 fully saturated rings. The van der Waals surface area contributed by atoms with Crippen LogP contribution in [0.4, 0.5) is 0 Å². The fourth-order valence-electron chi connectivity index (χ4n) is 0.533. The molecule has 0 unspecified atom stereocenters. The molecule has 0 radical (unpaired) electrons. The van der Waals surface area contributed by atoms with Crippen molar-refractivity contribution in [3.63, 3.8) is 0 Å². The van der Waals surface area contributed by atoms with E-state index in [9.17, 15) is 39.6 Å². The largest absolute Gasteiger partial charge is 4.00 e. The van der Waals surface area contributed by atoms with Gasteiger partial charge in [0.1, 0.15) is 0 Å². The van der Waals surface area contributed by atoms with E-state index in [4.69, 9.17) is 0 Å². The van der Waals surface area contributed by atoms with Crippen molar-refractivity contribution in [2.24, 2.45) is 0 Å². The van der Waals surface area contributed by atoms with Crippen molar-refractivity contribution in [2.45, 2.75) is 0 Å². The van der Waals surface area contributed by atoms with E-state index in [1.54, 1.807) is 0 Å². The smallest absolute Gasteiger partial charge is 0.549 e. The number of carbonyl (C=O) groups is 4. The second kappa shape index (κ2) is 14.7. The zero-order chi connectivity index (χ0) is 14.6. The molecule has 0 aromatic carbocycles. The Bertz CT molecular complexity index is 251. The van der Waals surface area contributed by atoms with E-state index in [1.807, 2.05) is 0 Å². The Balaban J connectivity index is -0.000000256. The van der Waals surface area contributed by atoms with E-state index in [0.29, 0.717) is 0 Å². The number of rotatable bonds is 8. The van der Waals surface area contributed by atoms with Crippen LogP contribution >= 0.6 is 0 Å². The van der Waals surface area contributed by atoms with E-state index < -0.39 is 50.1 Å². The average Bonchev–Trinajstić information content (AvgIpc) is 2.15. The predicted molar refractivity (Wildman–Crippen MR) is 51.5 cm³/mol. The summed E-state index contributed by atoms with van der Waals surface area (Å²) in [5, 5.41) is 42.5. The molecule has 19 heavy (non-hydrogen) atoms. The fraction of sp³-hybridized carbons (Fsp3) is 0.500. The molecule has 0 amide bonds. The molecule has 0 aliphatic carbocycles. The Morgan fingerprint density at radius 2 is 0.737 bits per heavy atom. The number of carboxylic acids is 4. The zero-order valence-electron chi connectivity index (χ0n) is 9.59. The molecule has 0 bridgehead atoms. The number of hydrogen-bond acceptors (Lipinski definition) is 10. The van der Waals surface area contributed by atoms with E-state index >= 15 is 0 Å². The van der Waals surface area contributed by atoms with Gasteiger partial charge in [0.05, 0.1) is 23.9 Å². The second-order valence-electron chi connectivity index (χ2n) is 2.70. The van der Waals surface area contributed by atoms with Crippen molar-refractivity contribution in [3.05, 3.63) is 0 Å². The van der Waals surface area contributed by atoms with Crippen LogP contribution in [-0.2, 0) is 19.2 Å². The third-order valence-electron chi connectivity index (χ3n) is 1.08. The normalized spacial score (nSPS) is 8.42. The number of nitrogens with one attached hydrogen (secondary N) is 2. The van der Waals surface area contributed by atoms with Crippen molar-refractivity contribution in [2.75, 3.05) is 26.2 Å². The van der Waals surface area contributed by atoms with Crippen LogP contribution in [0.2, 0.25) is 0 Å². The molecule has 10 nitrogen and oxygen atoms in total.